The van der Waals surface area contributed by atoms with E-state index in [1.807, 2.05) is 41.3 Å². The van der Waals surface area contributed by atoms with Gasteiger partial charge in [-0.15, -0.1) is 0 Å². The van der Waals surface area contributed by atoms with Crippen LogP contribution in [0.25, 0.3) is 11.1 Å². The maximum absolute atomic E-state index is 12.6. The number of carbonyl (C=O) groups excluding carboxylic acids is 3. The van der Waals surface area contributed by atoms with Crippen molar-refractivity contribution in [1.29, 1.82) is 0 Å². The lowest BCUT2D eigenvalue weighted by molar-refractivity contribution is -0.131. The van der Waals surface area contributed by atoms with E-state index in [2.05, 4.69) is 19.9 Å². The van der Waals surface area contributed by atoms with Crippen molar-refractivity contribution in [1.82, 2.24) is 14.7 Å². The topological polar surface area (TPSA) is 60.9 Å². The Labute approximate surface area is 183 Å². The molecule has 0 N–H and O–H groups in total. The predicted octanol–water partition coefficient (Wildman–Crippen LogP) is 4.14. The summed E-state index contributed by atoms with van der Waals surface area (Å²) < 4.78 is 0. The Bertz CT molecular complexity index is 1060. The minimum atomic E-state index is -0.848. The SMILES string of the molecule is CC(C)CN1Cc2cc(-c3ccc(CN4C(=O)N(C)C(=O)C4(C)C)cc3)ccc2C1=O. The van der Waals surface area contributed by atoms with E-state index in [1.54, 1.807) is 18.7 Å². The first-order chi connectivity index (χ1) is 14.6. The van der Waals surface area contributed by atoms with Gasteiger partial charge in [-0.2, -0.15) is 0 Å². The predicted molar refractivity (Wildman–Crippen MR) is 119 cm³/mol. The zero-order valence-electron chi connectivity index (χ0n) is 18.8. The average Bonchev–Trinajstić information content (AvgIpc) is 3.10. The molecular formula is C25H29N3O3. The molecule has 0 saturated carbocycles. The molecule has 6 heteroatoms. The van der Waals surface area contributed by atoms with Crippen LogP contribution in [0.3, 0.4) is 0 Å². The van der Waals surface area contributed by atoms with Gasteiger partial charge in [-0.3, -0.25) is 14.5 Å². The number of rotatable bonds is 5. The van der Waals surface area contributed by atoms with Crippen molar-refractivity contribution in [2.75, 3.05) is 13.6 Å². The molecule has 4 rings (SSSR count). The Morgan fingerprint density at radius 3 is 2.19 bits per heavy atom. The second kappa shape index (κ2) is 7.52. The van der Waals surface area contributed by atoms with Gasteiger partial charge in [0.1, 0.15) is 5.54 Å². The lowest BCUT2D eigenvalue weighted by atomic mass is 9.99. The highest BCUT2D eigenvalue weighted by atomic mass is 16.2. The largest absolute Gasteiger partial charge is 0.334 e. The summed E-state index contributed by atoms with van der Waals surface area (Å²) in [5.41, 5.74) is 4.10. The molecule has 0 unspecified atom stereocenters. The molecule has 2 aliphatic rings. The van der Waals surface area contributed by atoms with Crippen LogP contribution in [0, 0.1) is 5.92 Å². The molecule has 6 nitrogen and oxygen atoms in total. The van der Waals surface area contributed by atoms with Crippen molar-refractivity contribution in [3.63, 3.8) is 0 Å². The van der Waals surface area contributed by atoms with Crippen molar-refractivity contribution in [3.8, 4) is 11.1 Å². The minimum Gasteiger partial charge on any atom is -0.334 e. The van der Waals surface area contributed by atoms with Crippen molar-refractivity contribution < 1.29 is 14.4 Å². The monoisotopic (exact) mass is 419 g/mol. The highest BCUT2D eigenvalue weighted by molar-refractivity contribution is 6.06. The summed E-state index contributed by atoms with van der Waals surface area (Å²) in [6, 6.07) is 13.8. The Balaban J connectivity index is 1.52. The molecule has 1 fully saturated rings. The van der Waals surface area contributed by atoms with Gasteiger partial charge in [-0.1, -0.05) is 44.2 Å². The zero-order chi connectivity index (χ0) is 22.5. The van der Waals surface area contributed by atoms with Gasteiger partial charge in [0.25, 0.3) is 11.8 Å². The Morgan fingerprint density at radius 1 is 0.968 bits per heavy atom. The number of fused-ring (bicyclic) bond motifs is 1. The van der Waals surface area contributed by atoms with Gasteiger partial charge in [0.05, 0.1) is 0 Å². The molecule has 31 heavy (non-hydrogen) atoms. The lowest BCUT2D eigenvalue weighted by Crippen LogP contribution is -2.43. The number of hydrogen-bond acceptors (Lipinski definition) is 3. The third-order valence-electron chi connectivity index (χ3n) is 6.22. The van der Waals surface area contributed by atoms with Gasteiger partial charge < -0.3 is 9.80 Å². The number of likely N-dealkylation sites (N-methyl/N-ethyl adjacent to an activating group) is 1. The summed E-state index contributed by atoms with van der Waals surface area (Å²) in [4.78, 5) is 42.0. The van der Waals surface area contributed by atoms with E-state index < -0.39 is 5.54 Å². The standard InChI is InChI=1S/C25H29N3O3/c1-16(2)13-27-15-20-12-19(10-11-21(20)22(27)29)18-8-6-17(7-9-18)14-28-24(31)26(5)23(30)25(28,3)4/h6-12,16H,13-15H2,1-5H3. The molecule has 2 aromatic rings. The summed E-state index contributed by atoms with van der Waals surface area (Å²) in [7, 11) is 1.52. The van der Waals surface area contributed by atoms with Crippen LogP contribution in [0.2, 0.25) is 0 Å². The molecule has 0 aliphatic carbocycles. The van der Waals surface area contributed by atoms with Crippen LogP contribution < -0.4 is 0 Å². The summed E-state index contributed by atoms with van der Waals surface area (Å²) in [6.07, 6.45) is 0. The average molecular weight is 420 g/mol. The smallest absolute Gasteiger partial charge is 0.327 e. The van der Waals surface area contributed by atoms with Gasteiger partial charge in [0.15, 0.2) is 0 Å². The van der Waals surface area contributed by atoms with Crippen LogP contribution in [0.5, 0.6) is 0 Å². The molecular weight excluding hydrogens is 390 g/mol. The van der Waals surface area contributed by atoms with Crippen LogP contribution in [-0.2, 0) is 17.9 Å². The maximum atomic E-state index is 12.6. The van der Waals surface area contributed by atoms with Crippen molar-refractivity contribution in [2.45, 2.75) is 46.3 Å². The van der Waals surface area contributed by atoms with E-state index in [0.29, 0.717) is 19.0 Å². The summed E-state index contributed by atoms with van der Waals surface area (Å²) >= 11 is 0. The van der Waals surface area contributed by atoms with Crippen LogP contribution >= 0.6 is 0 Å². The van der Waals surface area contributed by atoms with Gasteiger partial charge in [0, 0.05) is 32.2 Å². The van der Waals surface area contributed by atoms with Crippen LogP contribution in [0.1, 0.15) is 49.2 Å². The molecule has 0 radical (unpaired) electrons. The third kappa shape index (κ3) is 3.60. The maximum Gasteiger partial charge on any atom is 0.327 e. The number of benzene rings is 2. The van der Waals surface area contributed by atoms with Gasteiger partial charge >= 0.3 is 6.03 Å². The van der Waals surface area contributed by atoms with E-state index in [0.717, 1.165) is 34.4 Å². The van der Waals surface area contributed by atoms with Crippen LogP contribution in [0.4, 0.5) is 4.79 Å². The summed E-state index contributed by atoms with van der Waals surface area (Å²) in [6.45, 7) is 9.60. The number of nitrogens with zero attached hydrogens (tertiary/aromatic N) is 3. The third-order valence-corrected chi connectivity index (χ3v) is 6.22. The second-order valence-electron chi connectivity index (χ2n) is 9.44. The Hall–Kier alpha value is -3.15. The Kier molecular flexibility index (Phi) is 5.12. The van der Waals surface area contributed by atoms with Gasteiger partial charge in [0.2, 0.25) is 0 Å². The zero-order valence-corrected chi connectivity index (χ0v) is 18.8. The summed E-state index contributed by atoms with van der Waals surface area (Å²) in [5.74, 6) is 0.365. The second-order valence-corrected chi connectivity index (χ2v) is 9.44. The van der Waals surface area contributed by atoms with E-state index in [4.69, 9.17) is 0 Å². The number of urea groups is 1. The van der Waals surface area contributed by atoms with Crippen molar-refractivity contribution >= 4 is 17.8 Å². The number of imide groups is 1. The van der Waals surface area contributed by atoms with Gasteiger partial charge in [-0.05, 0) is 54.2 Å². The van der Waals surface area contributed by atoms with E-state index in [-0.39, 0.29) is 17.8 Å². The molecule has 0 spiro atoms. The number of amides is 4. The quantitative estimate of drug-likeness (QED) is 0.685. The van der Waals surface area contributed by atoms with Crippen molar-refractivity contribution in [3.05, 3.63) is 59.2 Å². The molecule has 0 aromatic heterocycles. The van der Waals surface area contributed by atoms with Gasteiger partial charge in [-0.25, -0.2) is 4.79 Å². The lowest BCUT2D eigenvalue weighted by Gasteiger charge is -2.27. The summed E-state index contributed by atoms with van der Waals surface area (Å²) in [5, 5.41) is 0. The first-order valence-corrected chi connectivity index (χ1v) is 10.7. The molecule has 0 bridgehead atoms. The van der Waals surface area contributed by atoms with Crippen LogP contribution in [-0.4, -0.2) is 51.7 Å². The fraction of sp³-hybridized carbons (Fsp3) is 0.400. The first-order valence-electron chi connectivity index (χ1n) is 10.7. The molecule has 4 amide bonds. The normalized spacial score (nSPS) is 17.9. The molecule has 2 aliphatic heterocycles. The highest BCUT2D eigenvalue weighted by Gasteiger charge is 2.49. The fourth-order valence-electron chi connectivity index (χ4n) is 4.43. The van der Waals surface area contributed by atoms with Crippen LogP contribution in [0.15, 0.2) is 42.5 Å². The van der Waals surface area contributed by atoms with E-state index in [9.17, 15) is 14.4 Å². The van der Waals surface area contributed by atoms with E-state index >= 15 is 0 Å². The first kappa shape index (κ1) is 21.1. The van der Waals surface area contributed by atoms with Crippen molar-refractivity contribution in [2.24, 2.45) is 5.92 Å². The minimum absolute atomic E-state index is 0.114. The van der Waals surface area contributed by atoms with E-state index in [1.165, 1.54) is 11.9 Å². The Morgan fingerprint density at radius 2 is 1.61 bits per heavy atom. The highest BCUT2D eigenvalue weighted by Crippen LogP contribution is 2.31. The number of carbonyl (C=O) groups is 3. The molecule has 2 heterocycles. The molecule has 0 atom stereocenters. The molecule has 2 aromatic carbocycles. The fourth-order valence-corrected chi connectivity index (χ4v) is 4.43. The molecule has 162 valence electrons. The molecule has 1 saturated heterocycles. The number of hydrogen-bond donors (Lipinski definition) is 0.